The van der Waals surface area contributed by atoms with Crippen LogP contribution in [0.5, 0.6) is 0 Å². The summed E-state index contributed by atoms with van der Waals surface area (Å²) >= 11 is 1.34. The summed E-state index contributed by atoms with van der Waals surface area (Å²) in [7, 11) is 0. The van der Waals surface area contributed by atoms with Crippen LogP contribution in [0.2, 0.25) is 0 Å². The van der Waals surface area contributed by atoms with Gasteiger partial charge in [0.05, 0.1) is 5.92 Å². The van der Waals surface area contributed by atoms with E-state index in [1.54, 1.807) is 5.51 Å². The highest BCUT2D eigenvalue weighted by Gasteiger charge is 2.26. The molecule has 0 bridgehead atoms. The van der Waals surface area contributed by atoms with E-state index < -0.39 is 0 Å². The molecule has 1 N–H and O–H groups in total. The van der Waals surface area contributed by atoms with Crippen molar-refractivity contribution in [1.29, 1.82) is 0 Å². The molecule has 0 aliphatic heterocycles. The number of aryl methyl sites for hydroxylation is 1. The molecule has 0 spiro atoms. The van der Waals surface area contributed by atoms with Gasteiger partial charge in [-0.2, -0.15) is 0 Å². The van der Waals surface area contributed by atoms with E-state index in [2.05, 4.69) is 27.6 Å². The number of aromatic nitrogens is 2. The van der Waals surface area contributed by atoms with Crippen molar-refractivity contribution in [3.8, 4) is 0 Å². The molecule has 1 aromatic carbocycles. The van der Waals surface area contributed by atoms with Crippen LogP contribution in [-0.2, 0) is 11.2 Å². The zero-order chi connectivity index (χ0) is 12.4. The SMILES string of the molecule is O=C(Nc1nncs1)C1CCCc2ccccc21. The van der Waals surface area contributed by atoms with E-state index in [0.717, 1.165) is 24.8 Å². The van der Waals surface area contributed by atoms with Crippen LogP contribution in [0.3, 0.4) is 0 Å². The standard InChI is InChI=1S/C13H13N3OS/c17-12(15-13-16-14-8-18-13)11-7-3-5-9-4-1-2-6-10(9)11/h1-2,4,6,8,11H,3,5,7H2,(H,15,16,17). The first-order valence-electron chi connectivity index (χ1n) is 5.99. The molecule has 0 saturated heterocycles. The van der Waals surface area contributed by atoms with Crippen molar-refractivity contribution < 1.29 is 4.79 Å². The summed E-state index contributed by atoms with van der Waals surface area (Å²) < 4.78 is 0. The van der Waals surface area contributed by atoms with Gasteiger partial charge in [0, 0.05) is 0 Å². The van der Waals surface area contributed by atoms with Gasteiger partial charge in [-0.3, -0.25) is 10.1 Å². The van der Waals surface area contributed by atoms with E-state index in [1.807, 2.05) is 12.1 Å². The molecule has 1 aliphatic carbocycles. The molecule has 1 unspecified atom stereocenters. The number of carbonyl (C=O) groups is 1. The molecule has 1 amide bonds. The highest BCUT2D eigenvalue weighted by atomic mass is 32.1. The minimum atomic E-state index is -0.0566. The van der Waals surface area contributed by atoms with Crippen molar-refractivity contribution in [2.75, 3.05) is 5.32 Å². The normalized spacial score (nSPS) is 18.1. The van der Waals surface area contributed by atoms with E-state index in [4.69, 9.17) is 0 Å². The molecule has 3 rings (SSSR count). The van der Waals surface area contributed by atoms with Gasteiger partial charge in [0.15, 0.2) is 0 Å². The maximum atomic E-state index is 12.3. The lowest BCUT2D eigenvalue weighted by Crippen LogP contribution is -2.24. The summed E-state index contributed by atoms with van der Waals surface area (Å²) in [4.78, 5) is 12.3. The largest absolute Gasteiger partial charge is 0.300 e. The van der Waals surface area contributed by atoms with Crippen LogP contribution in [0.25, 0.3) is 0 Å². The fourth-order valence-corrected chi connectivity index (χ4v) is 2.89. The van der Waals surface area contributed by atoms with Crippen LogP contribution in [-0.4, -0.2) is 16.1 Å². The average Bonchev–Trinajstić information content (AvgIpc) is 2.91. The lowest BCUT2D eigenvalue weighted by Gasteiger charge is -2.24. The molecule has 92 valence electrons. The minimum absolute atomic E-state index is 0.0268. The van der Waals surface area contributed by atoms with Crippen molar-refractivity contribution in [2.24, 2.45) is 0 Å². The predicted octanol–water partition coefficient (Wildman–Crippen LogP) is 2.60. The van der Waals surface area contributed by atoms with E-state index in [-0.39, 0.29) is 11.8 Å². The molecular weight excluding hydrogens is 246 g/mol. The molecule has 0 fully saturated rings. The van der Waals surface area contributed by atoms with Crippen molar-refractivity contribution in [2.45, 2.75) is 25.2 Å². The van der Waals surface area contributed by atoms with Crippen LogP contribution < -0.4 is 5.32 Å². The highest BCUT2D eigenvalue weighted by molar-refractivity contribution is 7.13. The molecule has 1 aromatic heterocycles. The summed E-state index contributed by atoms with van der Waals surface area (Å²) in [5.41, 5.74) is 4.07. The first-order chi connectivity index (χ1) is 8.84. The maximum absolute atomic E-state index is 12.3. The topological polar surface area (TPSA) is 54.9 Å². The second-order valence-electron chi connectivity index (χ2n) is 4.38. The van der Waals surface area contributed by atoms with E-state index in [1.165, 1.54) is 16.9 Å². The van der Waals surface area contributed by atoms with Gasteiger partial charge in [-0.15, -0.1) is 10.2 Å². The summed E-state index contributed by atoms with van der Waals surface area (Å²) in [6.45, 7) is 0. The van der Waals surface area contributed by atoms with Gasteiger partial charge < -0.3 is 0 Å². The Balaban J connectivity index is 1.83. The van der Waals surface area contributed by atoms with Crippen LogP contribution >= 0.6 is 11.3 Å². The number of nitrogens with one attached hydrogen (secondary N) is 1. The summed E-state index contributed by atoms with van der Waals surface area (Å²) in [6.07, 6.45) is 3.03. The van der Waals surface area contributed by atoms with Gasteiger partial charge in [0.1, 0.15) is 5.51 Å². The summed E-state index contributed by atoms with van der Waals surface area (Å²) in [6, 6.07) is 8.19. The van der Waals surface area contributed by atoms with Crippen LogP contribution in [0.1, 0.15) is 29.9 Å². The number of fused-ring (bicyclic) bond motifs is 1. The number of amides is 1. The number of anilines is 1. The van der Waals surface area contributed by atoms with Crippen molar-refractivity contribution in [1.82, 2.24) is 10.2 Å². The second kappa shape index (κ2) is 4.86. The van der Waals surface area contributed by atoms with Crippen LogP contribution in [0.4, 0.5) is 5.13 Å². The Morgan fingerprint density at radius 1 is 1.39 bits per heavy atom. The van der Waals surface area contributed by atoms with Gasteiger partial charge in [-0.05, 0) is 30.4 Å². The average molecular weight is 259 g/mol. The Labute approximate surface area is 109 Å². The van der Waals surface area contributed by atoms with Crippen molar-refractivity contribution >= 4 is 22.4 Å². The van der Waals surface area contributed by atoms with Crippen molar-refractivity contribution in [3.05, 3.63) is 40.9 Å². The second-order valence-corrected chi connectivity index (χ2v) is 5.21. The molecule has 5 heteroatoms. The number of nitrogens with zero attached hydrogens (tertiary/aromatic N) is 2. The number of benzene rings is 1. The zero-order valence-corrected chi connectivity index (χ0v) is 10.6. The monoisotopic (exact) mass is 259 g/mol. The molecule has 18 heavy (non-hydrogen) atoms. The van der Waals surface area contributed by atoms with E-state index >= 15 is 0 Å². The molecule has 2 aromatic rings. The quantitative estimate of drug-likeness (QED) is 0.902. The Kier molecular flexibility index (Phi) is 3.06. The molecular formula is C13H13N3OS. The first kappa shape index (κ1) is 11.3. The first-order valence-corrected chi connectivity index (χ1v) is 6.87. The number of carbonyl (C=O) groups excluding carboxylic acids is 1. The fourth-order valence-electron chi connectivity index (χ4n) is 2.45. The third-order valence-electron chi connectivity index (χ3n) is 3.28. The molecule has 1 heterocycles. The Morgan fingerprint density at radius 2 is 2.28 bits per heavy atom. The van der Waals surface area contributed by atoms with Crippen LogP contribution in [0.15, 0.2) is 29.8 Å². The third kappa shape index (κ3) is 2.13. The summed E-state index contributed by atoms with van der Waals surface area (Å²) in [5.74, 6) is -0.0299. The molecule has 0 radical (unpaired) electrons. The molecule has 0 saturated carbocycles. The highest BCUT2D eigenvalue weighted by Crippen LogP contribution is 2.32. The third-order valence-corrected chi connectivity index (χ3v) is 3.88. The van der Waals surface area contributed by atoms with Gasteiger partial charge in [0.25, 0.3) is 0 Å². The van der Waals surface area contributed by atoms with E-state index in [9.17, 15) is 4.79 Å². The Hall–Kier alpha value is -1.75. The van der Waals surface area contributed by atoms with Gasteiger partial charge in [-0.1, -0.05) is 35.6 Å². The minimum Gasteiger partial charge on any atom is -0.300 e. The number of rotatable bonds is 2. The predicted molar refractivity (Wildman–Crippen MR) is 70.7 cm³/mol. The maximum Gasteiger partial charge on any atom is 0.233 e. The molecule has 4 nitrogen and oxygen atoms in total. The van der Waals surface area contributed by atoms with E-state index in [0.29, 0.717) is 5.13 Å². The Morgan fingerprint density at radius 3 is 3.11 bits per heavy atom. The summed E-state index contributed by atoms with van der Waals surface area (Å²) in [5, 5.41) is 11.0. The zero-order valence-electron chi connectivity index (χ0n) is 9.80. The lowest BCUT2D eigenvalue weighted by molar-refractivity contribution is -0.117. The smallest absolute Gasteiger partial charge is 0.233 e. The molecule has 1 aliphatic rings. The molecule has 1 atom stereocenters. The fraction of sp³-hybridized carbons (Fsp3) is 0.308. The Bertz CT molecular complexity index is 553. The van der Waals surface area contributed by atoms with Gasteiger partial charge >= 0.3 is 0 Å². The lowest BCUT2D eigenvalue weighted by atomic mass is 9.82. The van der Waals surface area contributed by atoms with Gasteiger partial charge in [-0.25, -0.2) is 0 Å². The van der Waals surface area contributed by atoms with Gasteiger partial charge in [0.2, 0.25) is 11.0 Å². The number of hydrogen-bond acceptors (Lipinski definition) is 4. The van der Waals surface area contributed by atoms with Crippen LogP contribution in [0, 0.1) is 0 Å². The number of hydrogen-bond donors (Lipinski definition) is 1. The van der Waals surface area contributed by atoms with Crippen molar-refractivity contribution in [3.63, 3.8) is 0 Å².